The topological polar surface area (TPSA) is 6.25 Å². The van der Waals surface area contributed by atoms with Crippen LogP contribution < -0.4 is 0 Å². The van der Waals surface area contributed by atoms with E-state index in [9.17, 15) is 0 Å². The van der Waals surface area contributed by atoms with Gasteiger partial charge in [0.1, 0.15) is 12.1 Å². The second kappa shape index (κ2) is 14.2. The van der Waals surface area contributed by atoms with Crippen molar-refractivity contribution in [2.75, 3.05) is 0 Å². The van der Waals surface area contributed by atoms with E-state index >= 15 is 0 Å². The number of nitrogens with zero attached hydrogens (tertiary/aromatic N) is 2. The van der Waals surface area contributed by atoms with Gasteiger partial charge >= 0.3 is 0 Å². The van der Waals surface area contributed by atoms with E-state index in [1.54, 1.807) is 0 Å². The van der Waals surface area contributed by atoms with E-state index in [-0.39, 0.29) is 24.2 Å². The van der Waals surface area contributed by atoms with Crippen molar-refractivity contribution in [2.24, 2.45) is 0 Å². The maximum Gasteiger partial charge on any atom is 0.237 e. The van der Waals surface area contributed by atoms with Gasteiger partial charge in [-0.3, -0.25) is 0 Å². The first-order chi connectivity index (χ1) is 24.7. The minimum Gasteiger partial charge on any atom is -0.245 e. The molecule has 2 heteroatoms. The third kappa shape index (κ3) is 6.22. The molecule has 0 aromatic heterocycles. The third-order valence-electron chi connectivity index (χ3n) is 11.9. The van der Waals surface area contributed by atoms with E-state index < -0.39 is 0 Å². The Labute approximate surface area is 305 Å². The molecule has 0 spiro atoms. The van der Waals surface area contributed by atoms with E-state index in [1.165, 1.54) is 77.9 Å². The molecule has 7 rings (SSSR count). The van der Waals surface area contributed by atoms with Crippen molar-refractivity contribution in [3.8, 4) is 0 Å². The van der Waals surface area contributed by atoms with Gasteiger partial charge in [-0.1, -0.05) is 133 Å². The SMILES string of the molecule is Cc1cccc(C(c2cccc(C)c2C)N2C=[N+](C(c3cccc(C)c3C)c3cccc(C)c3C)[C@@H](c3ccccc3)[C@@H]2c2ccccc2)c1C. The van der Waals surface area contributed by atoms with Crippen LogP contribution in [0.1, 0.15) is 102 Å². The molecule has 0 fully saturated rings. The second-order valence-electron chi connectivity index (χ2n) is 14.7. The standard InChI is InChI=1S/C49H51N2/c1-32-19-15-27-42(36(32)5)48(43-28-16-20-33(2)37(43)6)50-31-51(47(41-25-13-10-14-26-41)46(50)40-23-11-9-12-24-40)49(44-29-17-21-34(3)38(44)7)45-30-18-22-35(4)39(45)8/h9-31,46-49H,1-8H3/q+1/t46-,47-/m0/s1. The molecule has 0 radical (unpaired) electrons. The van der Waals surface area contributed by atoms with E-state index in [1.807, 2.05) is 0 Å². The molecule has 0 saturated heterocycles. The summed E-state index contributed by atoms with van der Waals surface area (Å²) in [4.78, 5) is 2.71. The summed E-state index contributed by atoms with van der Waals surface area (Å²) in [5, 5.41) is 0. The first kappa shape index (κ1) is 34.2. The lowest BCUT2D eigenvalue weighted by molar-refractivity contribution is -0.596. The summed E-state index contributed by atoms with van der Waals surface area (Å²) < 4.78 is 2.71. The van der Waals surface area contributed by atoms with Crippen LogP contribution in [0.25, 0.3) is 0 Å². The highest BCUT2D eigenvalue weighted by Crippen LogP contribution is 2.50. The Morgan fingerprint density at radius 3 is 1.22 bits per heavy atom. The summed E-state index contributed by atoms with van der Waals surface area (Å²) in [6, 6.07) is 49.8. The van der Waals surface area contributed by atoms with Gasteiger partial charge in [-0.25, -0.2) is 9.48 Å². The van der Waals surface area contributed by atoms with Crippen LogP contribution >= 0.6 is 0 Å². The molecule has 6 aromatic rings. The zero-order chi connectivity index (χ0) is 35.8. The lowest BCUT2D eigenvalue weighted by Crippen LogP contribution is -2.32. The maximum atomic E-state index is 2.71. The Hall–Kier alpha value is -5.21. The van der Waals surface area contributed by atoms with Crippen molar-refractivity contribution in [1.82, 2.24) is 4.90 Å². The van der Waals surface area contributed by atoms with Crippen LogP contribution in [0, 0.1) is 55.4 Å². The third-order valence-corrected chi connectivity index (χ3v) is 11.9. The van der Waals surface area contributed by atoms with Crippen LogP contribution in [-0.4, -0.2) is 15.8 Å². The molecule has 1 aliphatic heterocycles. The van der Waals surface area contributed by atoms with Gasteiger partial charge in [0.25, 0.3) is 0 Å². The highest BCUT2D eigenvalue weighted by atomic mass is 15.3. The smallest absolute Gasteiger partial charge is 0.237 e. The van der Waals surface area contributed by atoms with Gasteiger partial charge in [0.05, 0.1) is 0 Å². The highest BCUT2D eigenvalue weighted by molar-refractivity contribution is 5.61. The van der Waals surface area contributed by atoms with Crippen molar-refractivity contribution in [3.05, 3.63) is 211 Å². The molecular formula is C49H51N2+. The summed E-state index contributed by atoms with van der Waals surface area (Å²) in [5.41, 5.74) is 18.7. The largest absolute Gasteiger partial charge is 0.245 e. The lowest BCUT2D eigenvalue weighted by Gasteiger charge is -2.33. The Morgan fingerprint density at radius 1 is 0.412 bits per heavy atom. The highest BCUT2D eigenvalue weighted by Gasteiger charge is 2.51. The van der Waals surface area contributed by atoms with Gasteiger partial charge in [-0.2, -0.15) is 0 Å². The van der Waals surface area contributed by atoms with E-state index in [0.717, 1.165) is 0 Å². The van der Waals surface area contributed by atoms with Crippen LogP contribution in [0.4, 0.5) is 0 Å². The summed E-state index contributed by atoms with van der Waals surface area (Å²) in [6.07, 6.45) is 2.51. The monoisotopic (exact) mass is 667 g/mol. The second-order valence-corrected chi connectivity index (χ2v) is 14.7. The molecule has 6 aromatic carbocycles. The minimum atomic E-state index is -0.0101. The zero-order valence-electron chi connectivity index (χ0n) is 31.5. The Balaban J connectivity index is 1.61. The fourth-order valence-electron chi connectivity index (χ4n) is 8.35. The molecule has 0 unspecified atom stereocenters. The summed E-state index contributed by atoms with van der Waals surface area (Å²) in [6.45, 7) is 18.2. The van der Waals surface area contributed by atoms with Crippen molar-refractivity contribution in [2.45, 2.75) is 79.6 Å². The predicted molar refractivity (Wildman–Crippen MR) is 214 cm³/mol. The molecular weight excluding hydrogens is 617 g/mol. The number of aryl methyl sites for hydroxylation is 4. The summed E-state index contributed by atoms with van der Waals surface area (Å²) in [7, 11) is 0. The maximum absolute atomic E-state index is 2.71. The van der Waals surface area contributed by atoms with Crippen LogP contribution in [0.15, 0.2) is 133 Å². The van der Waals surface area contributed by atoms with Crippen molar-refractivity contribution in [1.29, 1.82) is 0 Å². The van der Waals surface area contributed by atoms with Crippen molar-refractivity contribution >= 4 is 6.34 Å². The van der Waals surface area contributed by atoms with Crippen LogP contribution in [0.5, 0.6) is 0 Å². The van der Waals surface area contributed by atoms with Gasteiger partial charge in [0, 0.05) is 33.4 Å². The first-order valence-electron chi connectivity index (χ1n) is 18.4. The molecule has 0 N–H and O–H groups in total. The van der Waals surface area contributed by atoms with Gasteiger partial charge in [0.15, 0.2) is 12.1 Å². The molecule has 256 valence electrons. The number of hydrogen-bond donors (Lipinski definition) is 0. The first-order valence-corrected chi connectivity index (χ1v) is 18.4. The van der Waals surface area contributed by atoms with E-state index in [0.29, 0.717) is 0 Å². The number of benzene rings is 6. The zero-order valence-corrected chi connectivity index (χ0v) is 31.5. The lowest BCUT2D eigenvalue weighted by atomic mass is 9.84. The fourth-order valence-corrected chi connectivity index (χ4v) is 8.35. The average Bonchev–Trinajstić information content (AvgIpc) is 3.52. The number of rotatable bonds is 8. The fraction of sp³-hybridized carbons (Fsp3) is 0.245. The summed E-state index contributed by atoms with van der Waals surface area (Å²) >= 11 is 0. The van der Waals surface area contributed by atoms with Gasteiger partial charge in [-0.15, -0.1) is 0 Å². The molecule has 0 aliphatic carbocycles. The Bertz CT molecular complexity index is 2110. The molecule has 2 atom stereocenters. The van der Waals surface area contributed by atoms with Crippen LogP contribution in [0.3, 0.4) is 0 Å². The van der Waals surface area contributed by atoms with Crippen molar-refractivity contribution in [3.63, 3.8) is 0 Å². The molecule has 1 heterocycles. The normalized spacial score (nSPS) is 15.9. The Morgan fingerprint density at radius 2 is 0.784 bits per heavy atom. The molecule has 0 bridgehead atoms. The average molecular weight is 668 g/mol. The van der Waals surface area contributed by atoms with Crippen LogP contribution in [-0.2, 0) is 0 Å². The number of hydrogen-bond acceptors (Lipinski definition) is 1. The van der Waals surface area contributed by atoms with Crippen LogP contribution in [0.2, 0.25) is 0 Å². The Kier molecular flexibility index (Phi) is 9.53. The quantitative estimate of drug-likeness (QED) is 0.146. The van der Waals surface area contributed by atoms with Gasteiger partial charge in [-0.05, 0) is 99.9 Å². The molecule has 51 heavy (non-hydrogen) atoms. The predicted octanol–water partition coefficient (Wildman–Crippen LogP) is 11.9. The van der Waals surface area contributed by atoms with Gasteiger partial charge in [0.2, 0.25) is 6.34 Å². The summed E-state index contributed by atoms with van der Waals surface area (Å²) in [5.74, 6) is 0. The van der Waals surface area contributed by atoms with E-state index in [2.05, 4.69) is 205 Å². The van der Waals surface area contributed by atoms with Gasteiger partial charge < -0.3 is 0 Å². The molecule has 0 saturated carbocycles. The molecule has 2 nitrogen and oxygen atoms in total. The molecule has 0 amide bonds. The minimum absolute atomic E-state index is 0.0101. The molecule has 1 aliphatic rings. The van der Waals surface area contributed by atoms with E-state index in [4.69, 9.17) is 0 Å². The van der Waals surface area contributed by atoms with Crippen molar-refractivity contribution < 1.29 is 4.58 Å².